The predicted octanol–water partition coefficient (Wildman–Crippen LogP) is 6.60. The third-order valence-corrected chi connectivity index (χ3v) is 4.94. The van der Waals surface area contributed by atoms with E-state index in [-0.39, 0.29) is 5.92 Å². The van der Waals surface area contributed by atoms with Crippen molar-refractivity contribution in [2.45, 2.75) is 66.2 Å². The molecule has 0 saturated heterocycles. The average Bonchev–Trinajstić information content (AvgIpc) is 2.58. The molecule has 0 atom stereocenters. The fourth-order valence-corrected chi connectivity index (χ4v) is 3.66. The van der Waals surface area contributed by atoms with E-state index in [2.05, 4.69) is 45.1 Å². The highest BCUT2D eigenvalue weighted by molar-refractivity contribution is 5.53. The van der Waals surface area contributed by atoms with Crippen molar-refractivity contribution in [3.63, 3.8) is 0 Å². The monoisotopic (exact) mass is 352 g/mol. The first kappa shape index (κ1) is 20.1. The summed E-state index contributed by atoms with van der Waals surface area (Å²) in [5.41, 5.74) is 5.85. The topological polar surface area (TPSA) is 40.5 Å². The molecule has 0 aromatic heterocycles. The van der Waals surface area contributed by atoms with Gasteiger partial charge in [-0.05, 0) is 58.1 Å². The molecule has 2 nitrogen and oxygen atoms in total. The van der Waals surface area contributed by atoms with Crippen LogP contribution in [0.1, 0.15) is 71.9 Å². The van der Waals surface area contributed by atoms with E-state index >= 15 is 0 Å². The standard InChI is InChI=1S/C24H32O2/c1-6-7-8-9-10-11-20(21-14-16(2)12-18(4)23(21)25)22-15-17(3)13-19(5)24(22)26/h8-9,12-15,20,25-26H,6-7,10-11H2,1-5H3/b9-8+. The van der Waals surface area contributed by atoms with Crippen LogP contribution in [0.5, 0.6) is 11.5 Å². The van der Waals surface area contributed by atoms with E-state index in [1.165, 1.54) is 0 Å². The van der Waals surface area contributed by atoms with Crippen molar-refractivity contribution >= 4 is 0 Å². The summed E-state index contributed by atoms with van der Waals surface area (Å²) in [7, 11) is 0. The zero-order valence-electron chi connectivity index (χ0n) is 16.8. The molecule has 0 aliphatic carbocycles. The third-order valence-electron chi connectivity index (χ3n) is 4.94. The number of benzene rings is 2. The van der Waals surface area contributed by atoms with E-state index in [9.17, 15) is 10.2 Å². The lowest BCUT2D eigenvalue weighted by Gasteiger charge is -2.22. The molecule has 0 radical (unpaired) electrons. The second-order valence-corrected chi connectivity index (χ2v) is 7.43. The number of hydrogen-bond acceptors (Lipinski definition) is 2. The Kier molecular flexibility index (Phi) is 6.90. The van der Waals surface area contributed by atoms with E-state index in [0.29, 0.717) is 11.5 Å². The van der Waals surface area contributed by atoms with E-state index in [4.69, 9.17) is 0 Å². The first-order valence-corrected chi connectivity index (χ1v) is 9.60. The average molecular weight is 353 g/mol. The summed E-state index contributed by atoms with van der Waals surface area (Å²) < 4.78 is 0. The van der Waals surface area contributed by atoms with Crippen LogP contribution in [0, 0.1) is 27.7 Å². The fraction of sp³-hybridized carbons (Fsp3) is 0.417. The van der Waals surface area contributed by atoms with Gasteiger partial charge in [0.25, 0.3) is 0 Å². The molecule has 2 rings (SSSR count). The maximum Gasteiger partial charge on any atom is 0.122 e. The van der Waals surface area contributed by atoms with Gasteiger partial charge in [0.1, 0.15) is 11.5 Å². The number of aromatic hydroxyl groups is 2. The normalized spacial score (nSPS) is 11.6. The van der Waals surface area contributed by atoms with Gasteiger partial charge in [0, 0.05) is 17.0 Å². The minimum atomic E-state index is -0.0292. The van der Waals surface area contributed by atoms with Crippen molar-refractivity contribution in [3.8, 4) is 11.5 Å². The van der Waals surface area contributed by atoms with Crippen molar-refractivity contribution in [3.05, 3.63) is 69.8 Å². The molecule has 0 bridgehead atoms. The van der Waals surface area contributed by atoms with E-state index in [1.807, 2.05) is 26.0 Å². The number of phenols is 2. The van der Waals surface area contributed by atoms with Gasteiger partial charge < -0.3 is 10.2 Å². The highest BCUT2D eigenvalue weighted by atomic mass is 16.3. The van der Waals surface area contributed by atoms with Gasteiger partial charge >= 0.3 is 0 Å². The molecule has 2 N–H and O–H groups in total. The Labute approximate surface area is 158 Å². The Morgan fingerprint density at radius 2 is 1.23 bits per heavy atom. The Morgan fingerprint density at radius 3 is 1.69 bits per heavy atom. The van der Waals surface area contributed by atoms with Crippen molar-refractivity contribution in [1.29, 1.82) is 0 Å². The van der Waals surface area contributed by atoms with Gasteiger partial charge in [-0.3, -0.25) is 0 Å². The van der Waals surface area contributed by atoms with Crippen molar-refractivity contribution in [1.82, 2.24) is 0 Å². The molecule has 2 heteroatoms. The second kappa shape index (κ2) is 8.93. The maximum atomic E-state index is 10.7. The summed E-state index contributed by atoms with van der Waals surface area (Å²) in [6, 6.07) is 8.11. The lowest BCUT2D eigenvalue weighted by atomic mass is 9.83. The van der Waals surface area contributed by atoms with Crippen LogP contribution in [-0.4, -0.2) is 10.2 Å². The molecule has 2 aromatic rings. The first-order valence-electron chi connectivity index (χ1n) is 9.60. The highest BCUT2D eigenvalue weighted by Crippen LogP contribution is 2.42. The zero-order chi connectivity index (χ0) is 19.3. The number of unbranched alkanes of at least 4 members (excludes halogenated alkanes) is 1. The Balaban J connectivity index is 2.50. The molecule has 0 aliphatic heterocycles. The number of phenolic OH excluding ortho intramolecular Hbond substituents is 2. The van der Waals surface area contributed by atoms with E-state index < -0.39 is 0 Å². The number of hydrogen-bond donors (Lipinski definition) is 2. The molecule has 0 spiro atoms. The molecule has 0 aliphatic rings. The van der Waals surface area contributed by atoms with E-state index in [1.54, 1.807) is 0 Å². The van der Waals surface area contributed by atoms with E-state index in [0.717, 1.165) is 59.1 Å². The molecule has 2 aromatic carbocycles. The molecule has 140 valence electrons. The first-order chi connectivity index (χ1) is 12.3. The summed E-state index contributed by atoms with van der Waals surface area (Å²) >= 11 is 0. The predicted molar refractivity (Wildman–Crippen MR) is 110 cm³/mol. The SMILES string of the molecule is CCC/C=C/CCC(c1cc(C)cc(C)c1O)c1cc(C)cc(C)c1O. The van der Waals surface area contributed by atoms with Gasteiger partial charge in [0.05, 0.1) is 0 Å². The molecule has 0 heterocycles. The highest BCUT2D eigenvalue weighted by Gasteiger charge is 2.22. The van der Waals surface area contributed by atoms with Crippen molar-refractivity contribution in [2.75, 3.05) is 0 Å². The smallest absolute Gasteiger partial charge is 0.122 e. The van der Waals surface area contributed by atoms with Gasteiger partial charge in [-0.1, -0.05) is 60.9 Å². The van der Waals surface area contributed by atoms with Crippen LogP contribution in [0.3, 0.4) is 0 Å². The second-order valence-electron chi connectivity index (χ2n) is 7.43. The van der Waals surface area contributed by atoms with Crippen LogP contribution in [0.2, 0.25) is 0 Å². The van der Waals surface area contributed by atoms with Crippen LogP contribution in [0.25, 0.3) is 0 Å². The van der Waals surface area contributed by atoms with Gasteiger partial charge in [-0.15, -0.1) is 0 Å². The largest absolute Gasteiger partial charge is 0.507 e. The van der Waals surface area contributed by atoms with Crippen LogP contribution in [0.4, 0.5) is 0 Å². The molecule has 0 amide bonds. The van der Waals surface area contributed by atoms with Crippen LogP contribution in [0.15, 0.2) is 36.4 Å². The quantitative estimate of drug-likeness (QED) is 0.551. The van der Waals surface area contributed by atoms with Crippen molar-refractivity contribution < 1.29 is 10.2 Å². The van der Waals surface area contributed by atoms with Gasteiger partial charge in [0.2, 0.25) is 0 Å². The molecular weight excluding hydrogens is 320 g/mol. The number of rotatable bonds is 7. The fourth-order valence-electron chi connectivity index (χ4n) is 3.66. The Bertz CT molecular complexity index is 730. The number of allylic oxidation sites excluding steroid dienone is 2. The van der Waals surface area contributed by atoms with Gasteiger partial charge in [-0.25, -0.2) is 0 Å². The summed E-state index contributed by atoms with van der Waals surface area (Å²) in [6.45, 7) is 10.1. The maximum absolute atomic E-state index is 10.7. The summed E-state index contributed by atoms with van der Waals surface area (Å²) in [6.07, 6.45) is 8.45. The zero-order valence-corrected chi connectivity index (χ0v) is 16.8. The molecule has 0 unspecified atom stereocenters. The number of aryl methyl sites for hydroxylation is 4. The van der Waals surface area contributed by atoms with Crippen LogP contribution in [-0.2, 0) is 0 Å². The minimum absolute atomic E-state index is 0.0292. The lowest BCUT2D eigenvalue weighted by Crippen LogP contribution is -2.05. The Hall–Kier alpha value is -2.22. The summed E-state index contributed by atoms with van der Waals surface area (Å²) in [4.78, 5) is 0. The van der Waals surface area contributed by atoms with Gasteiger partial charge in [-0.2, -0.15) is 0 Å². The molecular formula is C24H32O2. The van der Waals surface area contributed by atoms with Crippen molar-refractivity contribution in [2.24, 2.45) is 0 Å². The third kappa shape index (κ3) is 4.69. The molecule has 26 heavy (non-hydrogen) atoms. The minimum Gasteiger partial charge on any atom is -0.507 e. The Morgan fingerprint density at radius 1 is 0.769 bits per heavy atom. The summed E-state index contributed by atoms with van der Waals surface area (Å²) in [5, 5.41) is 21.4. The molecule has 0 fully saturated rings. The molecule has 0 saturated carbocycles. The van der Waals surface area contributed by atoms with Crippen LogP contribution < -0.4 is 0 Å². The van der Waals surface area contributed by atoms with Gasteiger partial charge in [0.15, 0.2) is 0 Å². The summed E-state index contributed by atoms with van der Waals surface area (Å²) in [5.74, 6) is 0.659. The van der Waals surface area contributed by atoms with Crippen LogP contribution >= 0.6 is 0 Å². The lowest BCUT2D eigenvalue weighted by molar-refractivity contribution is 0.446.